The number of nitrogens with zero attached hydrogens (tertiary/aromatic N) is 3. The van der Waals surface area contributed by atoms with Crippen molar-refractivity contribution in [2.75, 3.05) is 25.1 Å². The molecular weight excluding hydrogens is 266 g/mol. The van der Waals surface area contributed by atoms with Crippen LogP contribution in [0.1, 0.15) is 18.4 Å². The first-order chi connectivity index (χ1) is 10.2. The molecule has 3 N–H and O–H groups in total. The fourth-order valence-corrected chi connectivity index (χ4v) is 2.68. The number of H-pyrrole nitrogens is 1. The van der Waals surface area contributed by atoms with Crippen LogP contribution in [0, 0.1) is 6.92 Å². The summed E-state index contributed by atoms with van der Waals surface area (Å²) >= 11 is 0. The Balaban J connectivity index is 1.84. The van der Waals surface area contributed by atoms with E-state index in [2.05, 4.69) is 20.1 Å². The van der Waals surface area contributed by atoms with E-state index < -0.39 is 0 Å². The number of aromatic amines is 1. The van der Waals surface area contributed by atoms with Crippen LogP contribution in [0.3, 0.4) is 0 Å². The van der Waals surface area contributed by atoms with Crippen molar-refractivity contribution in [1.29, 1.82) is 0 Å². The van der Waals surface area contributed by atoms with Gasteiger partial charge in [0.25, 0.3) is 0 Å². The number of anilines is 1. The van der Waals surface area contributed by atoms with Crippen molar-refractivity contribution in [1.82, 2.24) is 15.2 Å². The summed E-state index contributed by atoms with van der Waals surface area (Å²) in [5.41, 5.74) is 8.08. The van der Waals surface area contributed by atoms with Gasteiger partial charge in [0.2, 0.25) is 5.95 Å². The van der Waals surface area contributed by atoms with E-state index in [9.17, 15) is 0 Å². The van der Waals surface area contributed by atoms with Crippen LogP contribution in [0.2, 0.25) is 0 Å². The Bertz CT molecular complexity index is 624. The molecule has 3 rings (SSSR count). The number of piperidine rings is 1. The molecule has 6 heteroatoms. The fraction of sp³-hybridized carbons (Fsp3) is 0.467. The van der Waals surface area contributed by atoms with Crippen molar-refractivity contribution < 1.29 is 4.74 Å². The second kappa shape index (κ2) is 5.73. The van der Waals surface area contributed by atoms with Gasteiger partial charge < -0.3 is 15.4 Å². The van der Waals surface area contributed by atoms with Crippen LogP contribution >= 0.6 is 0 Å². The Morgan fingerprint density at radius 1 is 1.43 bits per heavy atom. The lowest BCUT2D eigenvalue weighted by molar-refractivity contribution is 0.412. The maximum atomic E-state index is 6.01. The van der Waals surface area contributed by atoms with E-state index >= 15 is 0 Å². The minimum atomic E-state index is 0.208. The predicted octanol–water partition coefficient (Wildman–Crippen LogP) is 1.72. The van der Waals surface area contributed by atoms with E-state index in [1.807, 2.05) is 25.1 Å². The fourth-order valence-electron chi connectivity index (χ4n) is 2.68. The minimum absolute atomic E-state index is 0.208. The van der Waals surface area contributed by atoms with Crippen molar-refractivity contribution in [3.63, 3.8) is 0 Å². The zero-order chi connectivity index (χ0) is 14.8. The van der Waals surface area contributed by atoms with Crippen LogP contribution < -0.4 is 15.4 Å². The van der Waals surface area contributed by atoms with Crippen LogP contribution in [0.5, 0.6) is 5.75 Å². The molecule has 1 aromatic carbocycles. The Labute approximate surface area is 124 Å². The molecule has 2 aromatic rings. The third-order valence-corrected chi connectivity index (χ3v) is 3.90. The summed E-state index contributed by atoms with van der Waals surface area (Å²) in [4.78, 5) is 6.73. The van der Waals surface area contributed by atoms with Gasteiger partial charge in [-0.1, -0.05) is 12.1 Å². The second-order valence-corrected chi connectivity index (χ2v) is 5.52. The quantitative estimate of drug-likeness (QED) is 0.898. The number of ether oxygens (including phenoxy) is 1. The average molecular weight is 287 g/mol. The summed E-state index contributed by atoms with van der Waals surface area (Å²) in [6.45, 7) is 3.79. The van der Waals surface area contributed by atoms with Gasteiger partial charge >= 0.3 is 0 Å². The van der Waals surface area contributed by atoms with Crippen molar-refractivity contribution in [3.8, 4) is 17.1 Å². The molecule has 1 aliphatic rings. The van der Waals surface area contributed by atoms with Gasteiger partial charge in [0.15, 0.2) is 5.82 Å². The third kappa shape index (κ3) is 2.85. The zero-order valence-corrected chi connectivity index (χ0v) is 12.5. The molecule has 21 heavy (non-hydrogen) atoms. The first-order valence-electron chi connectivity index (χ1n) is 7.25. The maximum Gasteiger partial charge on any atom is 0.245 e. The molecule has 0 radical (unpaired) electrons. The number of methoxy groups -OCH3 is 1. The molecule has 0 amide bonds. The standard InChI is InChI=1S/C15H21N5O/c1-10-5-6-11(8-13(10)21-2)14-17-15(19-18-14)20-7-3-4-12(16)9-20/h5-6,8,12H,3-4,7,9,16H2,1-2H3,(H,17,18,19). The van der Waals surface area contributed by atoms with E-state index in [4.69, 9.17) is 10.5 Å². The summed E-state index contributed by atoms with van der Waals surface area (Å²) < 4.78 is 5.36. The number of nitrogens with one attached hydrogen (secondary N) is 1. The van der Waals surface area contributed by atoms with Gasteiger partial charge in [-0.05, 0) is 31.4 Å². The molecule has 0 aliphatic carbocycles. The van der Waals surface area contributed by atoms with Gasteiger partial charge in [0, 0.05) is 24.7 Å². The number of nitrogens with two attached hydrogens (primary N) is 1. The van der Waals surface area contributed by atoms with Crippen molar-refractivity contribution >= 4 is 5.95 Å². The molecule has 1 saturated heterocycles. The maximum absolute atomic E-state index is 6.01. The monoisotopic (exact) mass is 287 g/mol. The van der Waals surface area contributed by atoms with E-state index in [1.54, 1.807) is 7.11 Å². The van der Waals surface area contributed by atoms with Crippen LogP contribution in [0.15, 0.2) is 18.2 Å². The molecule has 1 unspecified atom stereocenters. The smallest absolute Gasteiger partial charge is 0.245 e. The molecule has 0 spiro atoms. The first-order valence-corrected chi connectivity index (χ1v) is 7.25. The average Bonchev–Trinajstić information content (AvgIpc) is 2.97. The summed E-state index contributed by atoms with van der Waals surface area (Å²) in [5.74, 6) is 2.33. The van der Waals surface area contributed by atoms with Crippen LogP contribution in [-0.2, 0) is 0 Å². The van der Waals surface area contributed by atoms with Gasteiger partial charge in [-0.3, -0.25) is 5.10 Å². The molecule has 0 saturated carbocycles. The van der Waals surface area contributed by atoms with Gasteiger partial charge in [-0.15, -0.1) is 5.10 Å². The van der Waals surface area contributed by atoms with Gasteiger partial charge in [0.05, 0.1) is 7.11 Å². The van der Waals surface area contributed by atoms with Gasteiger partial charge in [-0.25, -0.2) is 0 Å². The molecule has 2 heterocycles. The Kier molecular flexibility index (Phi) is 3.79. The highest BCUT2D eigenvalue weighted by Gasteiger charge is 2.20. The number of aromatic nitrogens is 3. The highest BCUT2D eigenvalue weighted by atomic mass is 16.5. The Hall–Kier alpha value is -2.08. The van der Waals surface area contributed by atoms with Gasteiger partial charge in [0.1, 0.15) is 5.75 Å². The molecule has 6 nitrogen and oxygen atoms in total. The largest absolute Gasteiger partial charge is 0.496 e. The number of aryl methyl sites for hydroxylation is 1. The number of benzene rings is 1. The lowest BCUT2D eigenvalue weighted by Crippen LogP contribution is -2.43. The van der Waals surface area contributed by atoms with Crippen LogP contribution in [0.25, 0.3) is 11.4 Å². The van der Waals surface area contributed by atoms with Crippen molar-refractivity contribution in [2.24, 2.45) is 5.73 Å². The molecule has 112 valence electrons. The van der Waals surface area contributed by atoms with E-state index in [1.165, 1.54) is 0 Å². The molecule has 1 aromatic heterocycles. The lowest BCUT2D eigenvalue weighted by Gasteiger charge is -2.29. The molecule has 1 aliphatic heterocycles. The third-order valence-electron chi connectivity index (χ3n) is 3.90. The Morgan fingerprint density at radius 2 is 2.29 bits per heavy atom. The Morgan fingerprint density at radius 3 is 3.05 bits per heavy atom. The zero-order valence-electron chi connectivity index (χ0n) is 12.5. The van der Waals surface area contributed by atoms with Crippen molar-refractivity contribution in [2.45, 2.75) is 25.8 Å². The molecule has 0 bridgehead atoms. The SMILES string of the molecule is COc1cc(-c2nc(N3CCCC(N)C3)n[nH]2)ccc1C. The minimum Gasteiger partial charge on any atom is -0.496 e. The van der Waals surface area contributed by atoms with Gasteiger partial charge in [-0.2, -0.15) is 4.98 Å². The number of hydrogen-bond donors (Lipinski definition) is 2. The van der Waals surface area contributed by atoms with Crippen LogP contribution in [-0.4, -0.2) is 41.4 Å². The molecule has 1 fully saturated rings. The lowest BCUT2D eigenvalue weighted by atomic mass is 10.1. The van der Waals surface area contributed by atoms with E-state index in [-0.39, 0.29) is 6.04 Å². The summed E-state index contributed by atoms with van der Waals surface area (Å²) in [5, 5.41) is 7.33. The number of rotatable bonds is 3. The predicted molar refractivity (Wildman–Crippen MR) is 82.5 cm³/mol. The molecule has 1 atom stereocenters. The summed E-state index contributed by atoms with van der Waals surface area (Å²) in [6, 6.07) is 6.22. The van der Waals surface area contributed by atoms with Crippen molar-refractivity contribution in [3.05, 3.63) is 23.8 Å². The number of hydrogen-bond acceptors (Lipinski definition) is 5. The highest BCUT2D eigenvalue weighted by molar-refractivity contribution is 5.60. The summed E-state index contributed by atoms with van der Waals surface area (Å²) in [7, 11) is 1.67. The highest BCUT2D eigenvalue weighted by Crippen LogP contribution is 2.26. The topological polar surface area (TPSA) is 80.1 Å². The molecular formula is C15H21N5O. The first kappa shape index (κ1) is 13.9. The van der Waals surface area contributed by atoms with Crippen LogP contribution in [0.4, 0.5) is 5.95 Å². The summed E-state index contributed by atoms with van der Waals surface area (Å²) in [6.07, 6.45) is 2.16. The van der Waals surface area contributed by atoms with E-state index in [0.29, 0.717) is 0 Å². The normalized spacial score (nSPS) is 18.8. The van der Waals surface area contributed by atoms with E-state index in [0.717, 1.165) is 54.6 Å². The second-order valence-electron chi connectivity index (χ2n) is 5.52.